The van der Waals surface area contributed by atoms with Gasteiger partial charge in [-0.1, -0.05) is 41.6 Å². The van der Waals surface area contributed by atoms with Gasteiger partial charge in [0.1, 0.15) is 0 Å². The van der Waals surface area contributed by atoms with E-state index in [-0.39, 0.29) is 10.8 Å². The van der Waals surface area contributed by atoms with Crippen LogP contribution in [-0.4, -0.2) is 17.7 Å². The molecule has 1 aromatic carbocycles. The lowest BCUT2D eigenvalue weighted by molar-refractivity contribution is -0.112. The van der Waals surface area contributed by atoms with Gasteiger partial charge in [0.15, 0.2) is 0 Å². The Hall–Kier alpha value is -0.800. The summed E-state index contributed by atoms with van der Waals surface area (Å²) in [5.74, 6) is 0. The molecule has 0 aromatic heterocycles. The van der Waals surface area contributed by atoms with Gasteiger partial charge in [0.05, 0.1) is 10.8 Å². The van der Waals surface area contributed by atoms with Gasteiger partial charge in [0.2, 0.25) is 5.12 Å². The molecule has 2 unspecified atom stereocenters. The van der Waals surface area contributed by atoms with E-state index in [1.54, 1.807) is 0 Å². The van der Waals surface area contributed by atoms with Crippen molar-refractivity contribution >= 4 is 16.9 Å². The molecule has 2 atom stereocenters. The van der Waals surface area contributed by atoms with Crippen LogP contribution in [0.25, 0.3) is 0 Å². The highest BCUT2D eigenvalue weighted by Gasteiger charge is 2.52. The molecule has 0 amide bonds. The van der Waals surface area contributed by atoms with Crippen LogP contribution in [-0.2, 0) is 9.54 Å². The van der Waals surface area contributed by atoms with Gasteiger partial charge < -0.3 is 5.32 Å². The summed E-state index contributed by atoms with van der Waals surface area (Å²) in [4.78, 5) is 11.6. The number of thioether (sulfide) groups is 1. The molecule has 1 N–H and O–H groups in total. The molecule has 2 heterocycles. The minimum Gasteiger partial charge on any atom is -0.305 e. The molecule has 3 rings (SSSR count). The largest absolute Gasteiger partial charge is 0.305 e. The second-order valence-electron chi connectivity index (χ2n) is 4.42. The monoisotopic (exact) mass is 219 g/mol. The van der Waals surface area contributed by atoms with Crippen LogP contribution in [0.3, 0.4) is 0 Å². The highest BCUT2D eigenvalue weighted by molar-refractivity contribution is 8.15. The maximum Gasteiger partial charge on any atom is 0.206 e. The van der Waals surface area contributed by atoms with Crippen LogP contribution in [0.4, 0.5) is 0 Å². The van der Waals surface area contributed by atoms with Crippen molar-refractivity contribution in [1.82, 2.24) is 5.32 Å². The summed E-state index contributed by atoms with van der Waals surface area (Å²) in [5.41, 5.74) is 2.57. The quantitative estimate of drug-likeness (QED) is 0.781. The number of rotatable bonds is 1. The maximum atomic E-state index is 11.6. The molecule has 0 aliphatic carbocycles. The van der Waals surface area contributed by atoms with Gasteiger partial charge in [-0.15, -0.1) is 0 Å². The smallest absolute Gasteiger partial charge is 0.206 e. The van der Waals surface area contributed by atoms with E-state index in [0.29, 0.717) is 5.12 Å². The number of carbonyl (C=O) groups is 1. The minimum absolute atomic E-state index is 0.0216. The first-order valence-electron chi connectivity index (χ1n) is 5.23. The lowest BCUT2D eigenvalue weighted by Gasteiger charge is -2.25. The van der Waals surface area contributed by atoms with Crippen LogP contribution in [0.15, 0.2) is 24.3 Å². The van der Waals surface area contributed by atoms with E-state index in [9.17, 15) is 4.79 Å². The van der Waals surface area contributed by atoms with E-state index >= 15 is 0 Å². The normalized spacial score (nSPS) is 33.7. The Labute approximate surface area is 93.4 Å². The molecule has 78 valence electrons. The van der Waals surface area contributed by atoms with Crippen molar-refractivity contribution in [1.29, 1.82) is 0 Å². The minimum atomic E-state index is 0.0216. The summed E-state index contributed by atoms with van der Waals surface area (Å²) >= 11 is 1.52. The van der Waals surface area contributed by atoms with Crippen LogP contribution in [0.2, 0.25) is 0 Å². The van der Waals surface area contributed by atoms with Gasteiger partial charge in [-0.2, -0.15) is 0 Å². The Balaban J connectivity index is 2.04. The van der Waals surface area contributed by atoms with Crippen molar-refractivity contribution in [2.75, 3.05) is 6.54 Å². The summed E-state index contributed by atoms with van der Waals surface area (Å²) < 4.78 is 0.0216. The van der Waals surface area contributed by atoms with Gasteiger partial charge in [-0.25, -0.2) is 0 Å². The fourth-order valence-electron chi connectivity index (χ4n) is 2.48. The van der Waals surface area contributed by atoms with Crippen molar-refractivity contribution in [2.24, 2.45) is 0 Å². The molecule has 2 aliphatic heterocycles. The predicted octanol–water partition coefficient (Wildman–Crippen LogP) is 1.83. The van der Waals surface area contributed by atoms with Crippen molar-refractivity contribution in [3.63, 3.8) is 0 Å². The van der Waals surface area contributed by atoms with Gasteiger partial charge in [-0.05, 0) is 18.9 Å². The zero-order valence-electron chi connectivity index (χ0n) is 8.62. The van der Waals surface area contributed by atoms with Gasteiger partial charge in [-0.3, -0.25) is 4.79 Å². The van der Waals surface area contributed by atoms with Crippen LogP contribution in [0.1, 0.15) is 17.5 Å². The Morgan fingerprint density at radius 2 is 2.40 bits per heavy atom. The average Bonchev–Trinajstić information content (AvgIpc) is 2.76. The SMILES string of the molecule is Cc1cccc(C23CNC(C2)C(=O)S3)c1. The number of hydrogen-bond donors (Lipinski definition) is 1. The number of aryl methyl sites for hydroxylation is 1. The Bertz CT molecular complexity index is 431. The summed E-state index contributed by atoms with van der Waals surface area (Å²) in [6, 6.07) is 8.62. The summed E-state index contributed by atoms with van der Waals surface area (Å²) in [6.45, 7) is 3.03. The van der Waals surface area contributed by atoms with Crippen molar-refractivity contribution in [2.45, 2.75) is 24.1 Å². The zero-order chi connectivity index (χ0) is 10.5. The zero-order valence-corrected chi connectivity index (χ0v) is 9.43. The fraction of sp³-hybridized carbons (Fsp3) is 0.417. The molecule has 2 aliphatic rings. The number of benzene rings is 1. The van der Waals surface area contributed by atoms with Crippen molar-refractivity contribution in [3.8, 4) is 0 Å². The number of hydrogen-bond acceptors (Lipinski definition) is 3. The third-order valence-electron chi connectivity index (χ3n) is 3.29. The molecule has 1 aromatic rings. The highest BCUT2D eigenvalue weighted by Crippen LogP contribution is 2.50. The third kappa shape index (κ3) is 1.34. The number of fused-ring (bicyclic) bond motifs is 2. The molecule has 2 fully saturated rings. The average molecular weight is 219 g/mol. The molecule has 2 saturated heterocycles. The summed E-state index contributed by atoms with van der Waals surface area (Å²) in [7, 11) is 0. The predicted molar refractivity (Wildman–Crippen MR) is 61.9 cm³/mol. The number of nitrogens with one attached hydrogen (secondary N) is 1. The maximum absolute atomic E-state index is 11.6. The standard InChI is InChI=1S/C12H13NOS/c1-8-3-2-4-9(5-8)12-6-10(13-7-12)11(14)15-12/h2-5,10,13H,6-7H2,1H3. The van der Waals surface area contributed by atoms with Crippen LogP contribution in [0, 0.1) is 6.92 Å². The van der Waals surface area contributed by atoms with Crippen LogP contribution < -0.4 is 5.32 Å². The summed E-state index contributed by atoms with van der Waals surface area (Å²) in [5, 5.41) is 3.60. The van der Waals surface area contributed by atoms with Crippen LogP contribution >= 0.6 is 11.8 Å². The second-order valence-corrected chi connectivity index (χ2v) is 5.81. The molecular weight excluding hydrogens is 206 g/mol. The molecule has 2 bridgehead atoms. The van der Waals surface area contributed by atoms with Crippen molar-refractivity contribution < 1.29 is 4.79 Å². The lowest BCUT2D eigenvalue weighted by atomic mass is 9.94. The molecule has 0 radical (unpaired) electrons. The molecule has 0 spiro atoms. The Morgan fingerprint density at radius 1 is 1.53 bits per heavy atom. The topological polar surface area (TPSA) is 29.1 Å². The molecule has 15 heavy (non-hydrogen) atoms. The molecular formula is C12H13NOS. The summed E-state index contributed by atoms with van der Waals surface area (Å²) in [6.07, 6.45) is 0.958. The van der Waals surface area contributed by atoms with E-state index < -0.39 is 0 Å². The van der Waals surface area contributed by atoms with E-state index in [1.165, 1.54) is 22.9 Å². The van der Waals surface area contributed by atoms with E-state index in [0.717, 1.165) is 13.0 Å². The second kappa shape index (κ2) is 3.09. The first kappa shape index (κ1) is 9.43. The first-order chi connectivity index (χ1) is 7.20. The number of carbonyl (C=O) groups excluding carboxylic acids is 1. The fourth-order valence-corrected chi connectivity index (χ4v) is 3.82. The first-order valence-corrected chi connectivity index (χ1v) is 6.05. The van der Waals surface area contributed by atoms with E-state index in [2.05, 4.69) is 36.5 Å². The van der Waals surface area contributed by atoms with Gasteiger partial charge in [0.25, 0.3) is 0 Å². The van der Waals surface area contributed by atoms with Gasteiger partial charge >= 0.3 is 0 Å². The molecule has 0 saturated carbocycles. The third-order valence-corrected chi connectivity index (χ3v) is 4.72. The van der Waals surface area contributed by atoms with E-state index in [4.69, 9.17) is 0 Å². The Kier molecular flexibility index (Phi) is 1.94. The Morgan fingerprint density at radius 3 is 3.00 bits per heavy atom. The van der Waals surface area contributed by atoms with Gasteiger partial charge in [0, 0.05) is 6.54 Å². The van der Waals surface area contributed by atoms with E-state index in [1.807, 2.05) is 0 Å². The van der Waals surface area contributed by atoms with Crippen molar-refractivity contribution in [3.05, 3.63) is 35.4 Å². The lowest BCUT2D eigenvalue weighted by Crippen LogP contribution is -2.34. The molecule has 3 heteroatoms. The van der Waals surface area contributed by atoms with Crippen LogP contribution in [0.5, 0.6) is 0 Å². The highest BCUT2D eigenvalue weighted by atomic mass is 32.2. The molecule has 2 nitrogen and oxygen atoms in total.